The third-order valence-electron chi connectivity index (χ3n) is 5.22. The van der Waals surface area contributed by atoms with E-state index in [1.54, 1.807) is 19.1 Å². The number of ether oxygens (including phenoxy) is 1. The van der Waals surface area contributed by atoms with E-state index < -0.39 is 12.0 Å². The Hall–Kier alpha value is -2.25. The fourth-order valence-corrected chi connectivity index (χ4v) is 4.60. The van der Waals surface area contributed by atoms with Crippen LogP contribution in [0, 0.1) is 5.92 Å². The van der Waals surface area contributed by atoms with Crippen molar-refractivity contribution in [3.8, 4) is 0 Å². The molecule has 2 heterocycles. The van der Waals surface area contributed by atoms with Gasteiger partial charge in [0.15, 0.2) is 5.17 Å². The lowest BCUT2D eigenvalue weighted by Gasteiger charge is -2.36. The third kappa shape index (κ3) is 4.21. The molecule has 0 bridgehead atoms. The Kier molecular flexibility index (Phi) is 5.69. The summed E-state index contributed by atoms with van der Waals surface area (Å²) in [5.74, 6) is 0.168. The monoisotopic (exact) mass is 431 g/mol. The molecule has 152 valence electrons. The summed E-state index contributed by atoms with van der Waals surface area (Å²) in [4.78, 5) is 31.7. The van der Waals surface area contributed by atoms with Gasteiger partial charge in [0.2, 0.25) is 5.91 Å². The van der Waals surface area contributed by atoms with Crippen molar-refractivity contribution in [2.75, 3.05) is 13.7 Å². The van der Waals surface area contributed by atoms with Crippen LogP contribution in [0.5, 0.6) is 0 Å². The summed E-state index contributed by atoms with van der Waals surface area (Å²) in [6.07, 6.45) is 2.61. The summed E-state index contributed by atoms with van der Waals surface area (Å²) in [7, 11) is 1.36. The number of halogens is 1. The van der Waals surface area contributed by atoms with Gasteiger partial charge < -0.3 is 15.0 Å². The highest BCUT2D eigenvalue weighted by Crippen LogP contribution is 2.44. The molecule has 1 aromatic carbocycles. The van der Waals surface area contributed by atoms with Crippen LogP contribution in [0.2, 0.25) is 5.02 Å². The van der Waals surface area contributed by atoms with E-state index in [4.69, 9.17) is 16.3 Å². The molecule has 1 atom stereocenters. The maximum absolute atomic E-state index is 12.6. The number of esters is 1. The lowest BCUT2D eigenvalue weighted by Crippen LogP contribution is -2.38. The van der Waals surface area contributed by atoms with Crippen molar-refractivity contribution < 1.29 is 14.3 Å². The van der Waals surface area contributed by atoms with Gasteiger partial charge in [0.25, 0.3) is 0 Å². The Morgan fingerprint density at radius 3 is 2.69 bits per heavy atom. The zero-order valence-electron chi connectivity index (χ0n) is 16.3. The van der Waals surface area contributed by atoms with Gasteiger partial charge in [-0.2, -0.15) is 0 Å². The van der Waals surface area contributed by atoms with Crippen molar-refractivity contribution in [2.24, 2.45) is 10.9 Å². The molecule has 0 aromatic heterocycles. The number of hydrogen-bond acceptors (Lipinski definition) is 6. The number of benzene rings is 1. The first kappa shape index (κ1) is 20.0. The van der Waals surface area contributed by atoms with Crippen molar-refractivity contribution in [1.29, 1.82) is 0 Å². The first-order chi connectivity index (χ1) is 14.0. The van der Waals surface area contributed by atoms with E-state index in [9.17, 15) is 9.59 Å². The lowest BCUT2D eigenvalue weighted by atomic mass is 9.94. The van der Waals surface area contributed by atoms with Crippen molar-refractivity contribution in [3.05, 3.63) is 57.2 Å². The zero-order chi connectivity index (χ0) is 20.5. The number of nitrogens with zero attached hydrogens (tertiary/aromatic N) is 2. The molecule has 3 aliphatic rings. The van der Waals surface area contributed by atoms with E-state index in [0.29, 0.717) is 22.2 Å². The number of carbonyl (C=O) groups is 2. The number of amidine groups is 1. The SMILES string of the molecule is COC(=O)C1=C(C)N=C2SC=C(CC(=O)NCC3CC3)N2[C@H]1c1ccc(Cl)cc1. The standard InChI is InChI=1S/C21H22ClN3O3S/c1-12-18(20(27)28-2)19(14-5-7-15(22)8-6-14)25-16(11-29-21(25)24-12)9-17(26)23-10-13-3-4-13/h5-8,11,13,19H,3-4,9-10H2,1-2H3,(H,23,26)/t19-/m0/s1. The highest BCUT2D eigenvalue weighted by molar-refractivity contribution is 8.16. The van der Waals surface area contributed by atoms with Crippen molar-refractivity contribution >= 4 is 40.4 Å². The number of rotatable bonds is 6. The summed E-state index contributed by atoms with van der Waals surface area (Å²) in [5, 5.41) is 6.31. The zero-order valence-corrected chi connectivity index (χ0v) is 17.8. The van der Waals surface area contributed by atoms with Crippen LogP contribution in [0.1, 0.15) is 37.8 Å². The van der Waals surface area contributed by atoms with E-state index >= 15 is 0 Å². The third-order valence-corrected chi connectivity index (χ3v) is 6.36. The average molecular weight is 432 g/mol. The first-order valence-electron chi connectivity index (χ1n) is 9.52. The number of allylic oxidation sites excluding steroid dienone is 1. The number of amides is 1. The number of nitrogens with one attached hydrogen (secondary N) is 1. The summed E-state index contributed by atoms with van der Waals surface area (Å²) in [6, 6.07) is 6.94. The Bertz CT molecular complexity index is 935. The molecule has 0 radical (unpaired) electrons. The van der Waals surface area contributed by atoms with Gasteiger partial charge in [0.1, 0.15) is 0 Å². The van der Waals surface area contributed by atoms with Crippen LogP contribution < -0.4 is 5.32 Å². The van der Waals surface area contributed by atoms with Crippen LogP contribution in [0.4, 0.5) is 0 Å². The molecule has 1 aliphatic carbocycles. The Balaban J connectivity index is 1.65. The molecule has 0 unspecified atom stereocenters. The highest BCUT2D eigenvalue weighted by atomic mass is 35.5. The second-order valence-electron chi connectivity index (χ2n) is 7.36. The summed E-state index contributed by atoms with van der Waals surface area (Å²) >= 11 is 7.53. The molecular formula is C21H22ClN3O3S. The topological polar surface area (TPSA) is 71.0 Å². The Labute approximate surface area is 179 Å². The molecule has 2 aliphatic heterocycles. The second-order valence-corrected chi connectivity index (χ2v) is 8.63. The molecule has 29 heavy (non-hydrogen) atoms. The molecule has 1 fully saturated rings. The van der Waals surface area contributed by atoms with Gasteiger partial charge in [-0.15, -0.1) is 0 Å². The smallest absolute Gasteiger partial charge is 0.338 e. The Morgan fingerprint density at radius 2 is 2.03 bits per heavy atom. The van der Waals surface area contributed by atoms with Crippen LogP contribution in [-0.2, 0) is 14.3 Å². The minimum absolute atomic E-state index is 0.0225. The molecule has 6 nitrogen and oxygen atoms in total. The predicted octanol–water partition coefficient (Wildman–Crippen LogP) is 4.00. The maximum Gasteiger partial charge on any atom is 0.338 e. The van der Waals surface area contributed by atoms with Crippen molar-refractivity contribution in [3.63, 3.8) is 0 Å². The molecule has 0 spiro atoms. The molecule has 1 N–H and O–H groups in total. The predicted molar refractivity (Wildman–Crippen MR) is 114 cm³/mol. The molecule has 1 amide bonds. The minimum atomic E-state index is -0.431. The van der Waals surface area contributed by atoms with Crippen LogP contribution in [-0.4, -0.2) is 35.6 Å². The normalized spacial score (nSPS) is 20.8. The summed E-state index contributed by atoms with van der Waals surface area (Å²) in [5.41, 5.74) is 2.78. The van der Waals surface area contributed by atoms with E-state index in [-0.39, 0.29) is 12.3 Å². The van der Waals surface area contributed by atoms with Crippen LogP contribution in [0.25, 0.3) is 0 Å². The maximum atomic E-state index is 12.6. The van der Waals surface area contributed by atoms with E-state index in [1.807, 2.05) is 22.4 Å². The van der Waals surface area contributed by atoms with Gasteiger partial charge >= 0.3 is 5.97 Å². The molecule has 1 saturated carbocycles. The van der Waals surface area contributed by atoms with Gasteiger partial charge in [-0.1, -0.05) is 35.5 Å². The number of aliphatic imine (C=N–C) groups is 1. The van der Waals surface area contributed by atoms with Crippen LogP contribution >= 0.6 is 23.4 Å². The number of carbonyl (C=O) groups excluding carboxylic acids is 2. The lowest BCUT2D eigenvalue weighted by molar-refractivity contribution is -0.136. The first-order valence-corrected chi connectivity index (χ1v) is 10.8. The van der Waals surface area contributed by atoms with Gasteiger partial charge in [-0.25, -0.2) is 9.79 Å². The van der Waals surface area contributed by atoms with Gasteiger partial charge in [-0.3, -0.25) is 4.79 Å². The molecule has 4 rings (SSSR count). The van der Waals surface area contributed by atoms with Gasteiger partial charge in [-0.05, 0) is 48.8 Å². The number of fused-ring (bicyclic) bond motifs is 1. The van der Waals surface area contributed by atoms with Crippen LogP contribution in [0.3, 0.4) is 0 Å². The van der Waals surface area contributed by atoms with Gasteiger partial charge in [0, 0.05) is 17.3 Å². The van der Waals surface area contributed by atoms with E-state index in [2.05, 4.69) is 10.3 Å². The van der Waals surface area contributed by atoms with E-state index in [1.165, 1.54) is 31.7 Å². The Morgan fingerprint density at radius 1 is 1.31 bits per heavy atom. The average Bonchev–Trinajstić information content (AvgIpc) is 3.46. The number of methoxy groups -OCH3 is 1. The summed E-state index contributed by atoms with van der Waals surface area (Å²) in [6.45, 7) is 2.54. The van der Waals surface area contributed by atoms with Crippen molar-refractivity contribution in [1.82, 2.24) is 10.2 Å². The molecule has 8 heteroatoms. The molecule has 1 aromatic rings. The van der Waals surface area contributed by atoms with Gasteiger partial charge in [0.05, 0.1) is 30.8 Å². The second kappa shape index (κ2) is 8.24. The quantitative estimate of drug-likeness (QED) is 0.689. The minimum Gasteiger partial charge on any atom is -0.466 e. The van der Waals surface area contributed by atoms with E-state index in [0.717, 1.165) is 23.0 Å². The van der Waals surface area contributed by atoms with Crippen LogP contribution in [0.15, 0.2) is 51.6 Å². The fourth-order valence-electron chi connectivity index (χ4n) is 3.51. The number of hydrogen-bond donors (Lipinski definition) is 1. The number of thioether (sulfide) groups is 1. The molecular weight excluding hydrogens is 410 g/mol. The largest absolute Gasteiger partial charge is 0.466 e. The molecule has 0 saturated heterocycles. The van der Waals surface area contributed by atoms with Crippen molar-refractivity contribution in [2.45, 2.75) is 32.2 Å². The highest BCUT2D eigenvalue weighted by Gasteiger charge is 2.41. The fraction of sp³-hybridized carbons (Fsp3) is 0.381. The summed E-state index contributed by atoms with van der Waals surface area (Å²) < 4.78 is 5.05.